The Morgan fingerprint density at radius 1 is 0.905 bits per heavy atom. The maximum absolute atomic E-state index is 5.81. The first-order chi connectivity index (χ1) is 10.1. The third-order valence-electron chi connectivity index (χ3n) is 4.01. The lowest BCUT2D eigenvalue weighted by atomic mass is 10.1. The summed E-state index contributed by atoms with van der Waals surface area (Å²) in [6, 6.07) is 0. The third-order valence-corrected chi connectivity index (χ3v) is 5.20. The lowest BCUT2D eigenvalue weighted by Gasteiger charge is -2.16. The van der Waals surface area contributed by atoms with Crippen LogP contribution in [0.5, 0.6) is 0 Å². The minimum Gasteiger partial charge on any atom is -0.348 e. The van der Waals surface area contributed by atoms with Crippen LogP contribution in [0.15, 0.2) is 0 Å². The van der Waals surface area contributed by atoms with E-state index in [1.54, 1.807) is 0 Å². The van der Waals surface area contributed by atoms with Crippen LogP contribution in [-0.2, 0) is 9.47 Å². The summed E-state index contributed by atoms with van der Waals surface area (Å²) >= 11 is 2.02. The molecule has 2 nitrogen and oxygen atoms in total. The van der Waals surface area contributed by atoms with Gasteiger partial charge in [-0.05, 0) is 26.0 Å². The van der Waals surface area contributed by atoms with E-state index in [-0.39, 0.29) is 5.79 Å². The van der Waals surface area contributed by atoms with Crippen LogP contribution in [0.1, 0.15) is 85.0 Å². The number of rotatable bonds is 13. The molecule has 0 spiro atoms. The summed E-state index contributed by atoms with van der Waals surface area (Å²) in [5.41, 5.74) is 0. The maximum atomic E-state index is 5.81. The van der Waals surface area contributed by atoms with Crippen molar-refractivity contribution >= 4 is 11.8 Å². The summed E-state index contributed by atoms with van der Waals surface area (Å²) in [7, 11) is 0. The molecule has 1 heterocycles. The van der Waals surface area contributed by atoms with Crippen molar-refractivity contribution in [1.29, 1.82) is 0 Å². The third kappa shape index (κ3) is 10.6. The van der Waals surface area contributed by atoms with Crippen LogP contribution in [0.2, 0.25) is 0 Å². The molecule has 0 N–H and O–H groups in total. The largest absolute Gasteiger partial charge is 0.348 e. The Hall–Kier alpha value is 0.270. The molecule has 1 rings (SSSR count). The molecule has 1 aliphatic rings. The lowest BCUT2D eigenvalue weighted by Crippen LogP contribution is -2.22. The summed E-state index contributed by atoms with van der Waals surface area (Å²) in [5.74, 6) is 2.00. The Morgan fingerprint density at radius 3 is 2.00 bits per heavy atom. The summed E-state index contributed by atoms with van der Waals surface area (Å²) in [6.45, 7) is 7.04. The number of hydrogen-bond acceptors (Lipinski definition) is 3. The molecule has 3 heteroatoms. The number of ether oxygens (including phenoxy) is 2. The average molecular weight is 317 g/mol. The van der Waals surface area contributed by atoms with Crippen LogP contribution in [0.4, 0.5) is 0 Å². The predicted octanol–water partition coefficient (Wildman–Crippen LogP) is 5.79. The van der Waals surface area contributed by atoms with Gasteiger partial charge in [0.05, 0.1) is 12.7 Å². The van der Waals surface area contributed by atoms with E-state index in [2.05, 4.69) is 6.92 Å². The van der Waals surface area contributed by atoms with E-state index in [1.807, 2.05) is 25.6 Å². The van der Waals surface area contributed by atoms with Crippen molar-refractivity contribution < 1.29 is 9.47 Å². The Morgan fingerprint density at radius 2 is 1.48 bits per heavy atom. The van der Waals surface area contributed by atoms with Crippen molar-refractivity contribution in [1.82, 2.24) is 0 Å². The number of thioether (sulfide) groups is 1. The topological polar surface area (TPSA) is 18.5 Å². The van der Waals surface area contributed by atoms with Gasteiger partial charge in [-0.25, -0.2) is 0 Å². The fourth-order valence-corrected chi connectivity index (χ4v) is 3.75. The van der Waals surface area contributed by atoms with Crippen molar-refractivity contribution in [3.63, 3.8) is 0 Å². The number of hydrogen-bond donors (Lipinski definition) is 0. The SMILES string of the molecule is CCCCCCCCCCCCSC[C@H]1COC(C)(C)O1. The van der Waals surface area contributed by atoms with E-state index >= 15 is 0 Å². The minimum absolute atomic E-state index is 0.299. The van der Waals surface area contributed by atoms with Gasteiger partial charge in [-0.15, -0.1) is 0 Å². The van der Waals surface area contributed by atoms with E-state index in [0.717, 1.165) is 12.4 Å². The summed E-state index contributed by atoms with van der Waals surface area (Å²) in [6.07, 6.45) is 14.5. The zero-order valence-corrected chi connectivity index (χ0v) is 15.3. The first-order valence-corrected chi connectivity index (χ1v) is 10.2. The first kappa shape index (κ1) is 19.3. The molecule has 0 unspecified atom stereocenters. The van der Waals surface area contributed by atoms with Gasteiger partial charge in [0.2, 0.25) is 0 Å². The standard InChI is InChI=1S/C18H36O2S/c1-4-5-6-7-8-9-10-11-12-13-14-21-16-17-15-19-18(2,3)20-17/h17H,4-16H2,1-3H3/t17-/m1/s1. The van der Waals surface area contributed by atoms with Crippen molar-refractivity contribution in [3.8, 4) is 0 Å². The lowest BCUT2D eigenvalue weighted by molar-refractivity contribution is -0.135. The number of unbranched alkanes of at least 4 members (excludes halogenated alkanes) is 9. The highest BCUT2D eigenvalue weighted by Gasteiger charge is 2.32. The van der Waals surface area contributed by atoms with Crippen molar-refractivity contribution in [2.45, 2.75) is 96.9 Å². The highest BCUT2D eigenvalue weighted by molar-refractivity contribution is 7.99. The van der Waals surface area contributed by atoms with Gasteiger partial charge in [0.25, 0.3) is 0 Å². The Labute approximate surface area is 136 Å². The molecule has 21 heavy (non-hydrogen) atoms. The molecule has 0 aromatic rings. The normalized spacial score (nSPS) is 21.0. The van der Waals surface area contributed by atoms with E-state index < -0.39 is 0 Å². The molecule has 1 aliphatic heterocycles. The predicted molar refractivity (Wildman–Crippen MR) is 94.1 cm³/mol. The highest BCUT2D eigenvalue weighted by atomic mass is 32.2. The van der Waals surface area contributed by atoms with Gasteiger partial charge in [-0.1, -0.05) is 64.7 Å². The van der Waals surface area contributed by atoms with Gasteiger partial charge >= 0.3 is 0 Å². The smallest absolute Gasteiger partial charge is 0.163 e. The van der Waals surface area contributed by atoms with Gasteiger partial charge in [0.15, 0.2) is 5.79 Å². The molecule has 126 valence electrons. The molecule has 1 atom stereocenters. The van der Waals surface area contributed by atoms with Gasteiger partial charge in [-0.3, -0.25) is 0 Å². The highest BCUT2D eigenvalue weighted by Crippen LogP contribution is 2.24. The fourth-order valence-electron chi connectivity index (χ4n) is 2.75. The molecule has 0 aromatic heterocycles. The summed E-state index contributed by atoms with van der Waals surface area (Å²) in [4.78, 5) is 0. The van der Waals surface area contributed by atoms with Crippen molar-refractivity contribution in [3.05, 3.63) is 0 Å². The average Bonchev–Trinajstić information content (AvgIpc) is 2.79. The van der Waals surface area contributed by atoms with Crippen LogP contribution in [-0.4, -0.2) is 30.0 Å². The Bertz CT molecular complexity index is 243. The first-order valence-electron chi connectivity index (χ1n) is 9.03. The second kappa shape index (κ2) is 11.8. The summed E-state index contributed by atoms with van der Waals surface area (Å²) < 4.78 is 11.4. The molecule has 0 bridgehead atoms. The molecular formula is C18H36O2S. The van der Waals surface area contributed by atoms with E-state index in [0.29, 0.717) is 6.10 Å². The minimum atomic E-state index is -0.359. The Kier molecular flexibility index (Phi) is 10.8. The molecule has 0 aromatic carbocycles. The summed E-state index contributed by atoms with van der Waals surface area (Å²) in [5, 5.41) is 0. The van der Waals surface area contributed by atoms with Gasteiger partial charge in [0, 0.05) is 5.75 Å². The molecular weight excluding hydrogens is 280 g/mol. The maximum Gasteiger partial charge on any atom is 0.163 e. The van der Waals surface area contributed by atoms with Crippen molar-refractivity contribution in [2.24, 2.45) is 0 Å². The Balaban J connectivity index is 1.75. The molecule has 0 saturated carbocycles. The second-order valence-electron chi connectivity index (χ2n) is 6.71. The fraction of sp³-hybridized carbons (Fsp3) is 1.00. The van der Waals surface area contributed by atoms with Crippen LogP contribution >= 0.6 is 11.8 Å². The monoisotopic (exact) mass is 316 g/mol. The second-order valence-corrected chi connectivity index (χ2v) is 7.86. The van der Waals surface area contributed by atoms with Gasteiger partial charge in [-0.2, -0.15) is 11.8 Å². The zero-order chi connectivity index (χ0) is 15.4. The van der Waals surface area contributed by atoms with Crippen LogP contribution < -0.4 is 0 Å². The molecule has 1 fully saturated rings. The van der Waals surface area contributed by atoms with E-state index in [1.165, 1.54) is 70.0 Å². The van der Waals surface area contributed by atoms with E-state index in [9.17, 15) is 0 Å². The van der Waals surface area contributed by atoms with Crippen LogP contribution in [0.25, 0.3) is 0 Å². The van der Waals surface area contributed by atoms with Gasteiger partial charge < -0.3 is 9.47 Å². The molecule has 1 saturated heterocycles. The van der Waals surface area contributed by atoms with Crippen LogP contribution in [0.3, 0.4) is 0 Å². The van der Waals surface area contributed by atoms with Crippen molar-refractivity contribution in [2.75, 3.05) is 18.1 Å². The quantitative estimate of drug-likeness (QED) is 0.400. The van der Waals surface area contributed by atoms with E-state index in [4.69, 9.17) is 9.47 Å². The molecule has 0 radical (unpaired) electrons. The molecule has 0 amide bonds. The molecule has 0 aliphatic carbocycles. The van der Waals surface area contributed by atoms with Gasteiger partial charge in [0.1, 0.15) is 0 Å². The van der Waals surface area contributed by atoms with Crippen LogP contribution in [0, 0.1) is 0 Å². The zero-order valence-electron chi connectivity index (χ0n) is 14.5.